The van der Waals surface area contributed by atoms with Crippen LogP contribution in [0.3, 0.4) is 0 Å². The largest absolute Gasteiger partial charge is 0.369 e. The van der Waals surface area contributed by atoms with E-state index in [4.69, 9.17) is 0 Å². The van der Waals surface area contributed by atoms with Gasteiger partial charge in [-0.05, 0) is 24.3 Å². The maximum Gasteiger partial charge on any atom is 0.277 e. The predicted molar refractivity (Wildman–Crippen MR) is 124 cm³/mol. The molecule has 0 saturated heterocycles. The Kier molecular flexibility index (Phi) is 5.89. The Morgan fingerprint density at radius 1 is 1.13 bits per heavy atom. The van der Waals surface area contributed by atoms with Gasteiger partial charge in [0.2, 0.25) is 0 Å². The number of amides is 1. The molecule has 0 unspecified atom stereocenters. The first-order chi connectivity index (χ1) is 14.5. The zero-order valence-corrected chi connectivity index (χ0v) is 18.5. The third kappa shape index (κ3) is 3.98. The molecule has 160 valence electrons. The van der Waals surface area contributed by atoms with Crippen LogP contribution in [0.4, 0.5) is 11.5 Å². The summed E-state index contributed by atoms with van der Waals surface area (Å²) < 4.78 is 2.18. The Hall–Kier alpha value is -2.69. The predicted octanol–water partition coefficient (Wildman–Crippen LogP) is 5.30. The summed E-state index contributed by atoms with van der Waals surface area (Å²) in [6.45, 7) is 10.1. The summed E-state index contributed by atoms with van der Waals surface area (Å²) in [5.74, 6) is 2.27. The summed E-state index contributed by atoms with van der Waals surface area (Å²) in [6.07, 6.45) is 6.25. The van der Waals surface area contributed by atoms with Crippen molar-refractivity contribution in [3.8, 4) is 0 Å². The highest BCUT2D eigenvalue weighted by Gasteiger charge is 2.35. The summed E-state index contributed by atoms with van der Waals surface area (Å²) >= 11 is 0. The number of anilines is 2. The first-order valence-corrected chi connectivity index (χ1v) is 11.2. The molecule has 0 atom stereocenters. The molecule has 1 aromatic heterocycles. The van der Waals surface area contributed by atoms with Crippen LogP contribution in [0, 0.1) is 5.92 Å². The molecule has 2 aromatic rings. The van der Waals surface area contributed by atoms with E-state index >= 15 is 0 Å². The fraction of sp³-hybridized carbons (Fsp3) is 0.480. The van der Waals surface area contributed by atoms with E-state index in [1.54, 1.807) is 4.90 Å². The second kappa shape index (κ2) is 8.58. The Morgan fingerprint density at radius 3 is 2.50 bits per heavy atom. The summed E-state index contributed by atoms with van der Waals surface area (Å²) in [5.41, 5.74) is 2.93. The van der Waals surface area contributed by atoms with Gasteiger partial charge in [-0.3, -0.25) is 9.69 Å². The molecule has 2 aliphatic rings. The van der Waals surface area contributed by atoms with Crippen LogP contribution >= 0.6 is 0 Å². The molecule has 1 amide bonds. The van der Waals surface area contributed by atoms with Crippen LogP contribution in [0.2, 0.25) is 0 Å². The van der Waals surface area contributed by atoms with Gasteiger partial charge in [0.15, 0.2) is 0 Å². The lowest BCUT2D eigenvalue weighted by Crippen LogP contribution is -2.44. The van der Waals surface area contributed by atoms with Gasteiger partial charge in [-0.1, -0.05) is 70.0 Å². The lowest BCUT2D eigenvalue weighted by atomic mass is 9.95. The van der Waals surface area contributed by atoms with Crippen LogP contribution < -0.4 is 10.2 Å². The molecule has 30 heavy (non-hydrogen) atoms. The van der Waals surface area contributed by atoms with Gasteiger partial charge in [0, 0.05) is 32.2 Å². The molecule has 5 nitrogen and oxygen atoms in total. The van der Waals surface area contributed by atoms with Gasteiger partial charge < -0.3 is 14.8 Å². The number of carbonyl (C=O) groups is 1. The van der Waals surface area contributed by atoms with Crippen molar-refractivity contribution in [2.45, 2.75) is 58.5 Å². The number of rotatable bonds is 6. The van der Waals surface area contributed by atoms with Crippen LogP contribution in [0.15, 0.2) is 48.8 Å². The molecule has 1 aromatic carbocycles. The average molecular weight is 407 g/mol. The van der Waals surface area contributed by atoms with Gasteiger partial charge in [0.1, 0.15) is 17.3 Å². The third-order valence-electron chi connectivity index (χ3n) is 6.26. The van der Waals surface area contributed by atoms with Crippen molar-refractivity contribution >= 4 is 17.4 Å². The van der Waals surface area contributed by atoms with Crippen molar-refractivity contribution < 1.29 is 4.79 Å². The molecule has 1 saturated carbocycles. The number of hydrogen-bond donors (Lipinski definition) is 1. The first kappa shape index (κ1) is 20.6. The molecule has 1 aliphatic heterocycles. The van der Waals surface area contributed by atoms with Gasteiger partial charge in [-0.2, -0.15) is 0 Å². The highest BCUT2D eigenvalue weighted by atomic mass is 16.2. The second-order valence-corrected chi connectivity index (χ2v) is 9.10. The summed E-state index contributed by atoms with van der Waals surface area (Å²) in [5, 5.41) is 3.79. The maximum absolute atomic E-state index is 13.4. The molecule has 1 aliphatic carbocycles. The molecular formula is C25H34N4O. The fourth-order valence-electron chi connectivity index (χ4n) is 4.64. The van der Waals surface area contributed by atoms with Crippen LogP contribution in [0.25, 0.3) is 0 Å². The van der Waals surface area contributed by atoms with E-state index in [9.17, 15) is 4.79 Å². The van der Waals surface area contributed by atoms with Crippen LogP contribution in [0.1, 0.15) is 62.0 Å². The molecular weight excluding hydrogens is 372 g/mol. The first-order valence-electron chi connectivity index (χ1n) is 11.2. The molecule has 0 spiro atoms. The zero-order chi connectivity index (χ0) is 21.3. The summed E-state index contributed by atoms with van der Waals surface area (Å²) in [4.78, 5) is 17.3. The van der Waals surface area contributed by atoms with Crippen molar-refractivity contribution in [1.82, 2.24) is 9.47 Å². The normalized spacial score (nSPS) is 17.6. The number of carbonyl (C=O) groups excluding carboxylic acids is 1. The minimum Gasteiger partial charge on any atom is -0.369 e. The Morgan fingerprint density at radius 2 is 1.83 bits per heavy atom. The summed E-state index contributed by atoms with van der Waals surface area (Å²) in [6, 6.07) is 13.0. The van der Waals surface area contributed by atoms with E-state index in [1.165, 1.54) is 37.7 Å². The van der Waals surface area contributed by atoms with E-state index in [0.717, 1.165) is 29.6 Å². The van der Waals surface area contributed by atoms with Gasteiger partial charge >= 0.3 is 0 Å². The number of hydrogen-bond acceptors (Lipinski definition) is 3. The molecule has 4 rings (SSSR count). The minimum absolute atomic E-state index is 0.0163. The van der Waals surface area contributed by atoms with Crippen LogP contribution in [0.5, 0.6) is 0 Å². The van der Waals surface area contributed by atoms with Gasteiger partial charge in [0.05, 0.1) is 5.69 Å². The number of nitrogens with one attached hydrogen (secondary N) is 1. The lowest BCUT2D eigenvalue weighted by molar-refractivity contribution is 0.0814. The maximum atomic E-state index is 13.4. The molecule has 2 heterocycles. The van der Waals surface area contributed by atoms with E-state index in [0.29, 0.717) is 18.5 Å². The van der Waals surface area contributed by atoms with Crippen LogP contribution in [-0.4, -0.2) is 35.0 Å². The van der Waals surface area contributed by atoms with Gasteiger partial charge in [-0.25, -0.2) is 0 Å². The number of benzene rings is 1. The van der Waals surface area contributed by atoms with Gasteiger partial charge in [-0.15, -0.1) is 0 Å². The monoisotopic (exact) mass is 406 g/mol. The number of nitrogens with zero attached hydrogens (tertiary/aromatic N) is 3. The van der Waals surface area contributed by atoms with E-state index in [2.05, 4.69) is 65.5 Å². The quantitative estimate of drug-likeness (QED) is 0.708. The van der Waals surface area contributed by atoms with Crippen molar-refractivity contribution in [3.05, 3.63) is 60.1 Å². The molecule has 0 bridgehead atoms. The standard InChI is InChI=1S/C25H34N4O/c1-18(2)16-28-19(3)27(4)25(30)24-22(28)15-23(26-21-13-9-6-10-14-21)29(24)17-20-11-7-5-8-12-20/h5,7-8,11-12,15,18,21,26H,3,6,9-10,13-14,16-17H2,1-2,4H3. The molecule has 1 fully saturated rings. The van der Waals surface area contributed by atoms with E-state index in [1.807, 2.05) is 13.1 Å². The second-order valence-electron chi connectivity index (χ2n) is 9.10. The van der Waals surface area contributed by atoms with Gasteiger partial charge in [0.25, 0.3) is 5.91 Å². The zero-order valence-electron chi connectivity index (χ0n) is 18.5. The van der Waals surface area contributed by atoms with Crippen molar-refractivity contribution in [3.63, 3.8) is 0 Å². The Balaban J connectivity index is 1.79. The van der Waals surface area contributed by atoms with Crippen molar-refractivity contribution in [1.29, 1.82) is 0 Å². The SMILES string of the molecule is C=C1N(C)C(=O)c2c(cc(NC3CCCCC3)n2Cc2ccccc2)N1CC(C)C. The lowest BCUT2D eigenvalue weighted by Gasteiger charge is -2.37. The Labute approximate surface area is 180 Å². The summed E-state index contributed by atoms with van der Waals surface area (Å²) in [7, 11) is 1.83. The highest BCUT2D eigenvalue weighted by molar-refractivity contribution is 6.03. The van der Waals surface area contributed by atoms with Crippen molar-refractivity contribution in [2.24, 2.45) is 5.92 Å². The van der Waals surface area contributed by atoms with E-state index < -0.39 is 0 Å². The number of aromatic nitrogens is 1. The topological polar surface area (TPSA) is 40.5 Å². The minimum atomic E-state index is 0.0163. The van der Waals surface area contributed by atoms with E-state index in [-0.39, 0.29) is 5.91 Å². The fourth-order valence-corrected chi connectivity index (χ4v) is 4.64. The molecule has 5 heteroatoms. The average Bonchev–Trinajstić information content (AvgIpc) is 3.08. The molecule has 1 N–H and O–H groups in total. The Bertz CT molecular complexity index is 909. The smallest absolute Gasteiger partial charge is 0.277 e. The van der Waals surface area contributed by atoms with Crippen LogP contribution in [-0.2, 0) is 6.54 Å². The molecule has 0 radical (unpaired) electrons. The number of fused-ring (bicyclic) bond motifs is 1. The highest BCUT2D eigenvalue weighted by Crippen LogP contribution is 2.38. The third-order valence-corrected chi connectivity index (χ3v) is 6.26. The van der Waals surface area contributed by atoms with Crippen molar-refractivity contribution in [2.75, 3.05) is 23.8 Å².